The summed E-state index contributed by atoms with van der Waals surface area (Å²) in [6.45, 7) is 7.21. The summed E-state index contributed by atoms with van der Waals surface area (Å²) in [5, 5.41) is 0. The monoisotopic (exact) mass is 300 g/mol. The van der Waals surface area contributed by atoms with Crippen molar-refractivity contribution >= 4 is 9.84 Å². The molecule has 1 atom stereocenters. The van der Waals surface area contributed by atoms with Gasteiger partial charge in [-0.25, -0.2) is 8.42 Å². The smallest absolute Gasteiger partial charge is 0.154 e. The van der Waals surface area contributed by atoms with Crippen LogP contribution in [0, 0.1) is 0 Å². The molecule has 0 amide bonds. The van der Waals surface area contributed by atoms with Crippen LogP contribution < -0.4 is 16.0 Å². The molecule has 0 radical (unpaired) electrons. The van der Waals surface area contributed by atoms with Crippen LogP contribution in [0.3, 0.4) is 0 Å². The van der Waals surface area contributed by atoms with Crippen molar-refractivity contribution in [1.82, 2.24) is 5.43 Å². The van der Waals surface area contributed by atoms with Crippen LogP contribution in [0.4, 0.5) is 0 Å². The standard InChI is InChI=1S/C14H24N2O3S/c1-10(2)19-12-8-6-11(7-9-12)13(16-15)14(3,4)20(5,17)18/h6-10,13,16H,15H2,1-5H3. The van der Waals surface area contributed by atoms with Gasteiger partial charge in [-0.15, -0.1) is 0 Å². The van der Waals surface area contributed by atoms with Gasteiger partial charge in [0.05, 0.1) is 16.9 Å². The quantitative estimate of drug-likeness (QED) is 0.618. The third-order valence-electron chi connectivity index (χ3n) is 3.40. The SMILES string of the molecule is CC(C)Oc1ccc(C(NN)C(C)(C)S(C)(=O)=O)cc1. The van der Waals surface area contributed by atoms with E-state index in [4.69, 9.17) is 10.6 Å². The van der Waals surface area contributed by atoms with E-state index in [1.165, 1.54) is 6.26 Å². The summed E-state index contributed by atoms with van der Waals surface area (Å²) in [5.74, 6) is 6.31. The van der Waals surface area contributed by atoms with Gasteiger partial charge in [0.15, 0.2) is 9.84 Å². The van der Waals surface area contributed by atoms with Gasteiger partial charge in [-0.1, -0.05) is 12.1 Å². The van der Waals surface area contributed by atoms with Crippen LogP contribution in [0.25, 0.3) is 0 Å². The second-order valence-corrected chi connectivity index (χ2v) is 8.31. The Hall–Kier alpha value is -1.11. The molecular formula is C14H24N2O3S. The van der Waals surface area contributed by atoms with Crippen molar-refractivity contribution in [2.45, 2.75) is 44.6 Å². The van der Waals surface area contributed by atoms with Crippen LogP contribution in [-0.4, -0.2) is 25.5 Å². The summed E-state index contributed by atoms with van der Waals surface area (Å²) >= 11 is 0. The van der Waals surface area contributed by atoms with E-state index in [9.17, 15) is 8.42 Å². The number of ether oxygens (including phenoxy) is 1. The van der Waals surface area contributed by atoms with Crippen LogP contribution in [0.2, 0.25) is 0 Å². The molecule has 1 aromatic rings. The van der Waals surface area contributed by atoms with E-state index in [-0.39, 0.29) is 6.10 Å². The van der Waals surface area contributed by atoms with E-state index in [1.807, 2.05) is 38.1 Å². The molecule has 5 nitrogen and oxygen atoms in total. The second kappa shape index (κ2) is 6.11. The first-order valence-electron chi connectivity index (χ1n) is 6.52. The lowest BCUT2D eigenvalue weighted by Gasteiger charge is -2.32. The Balaban J connectivity index is 3.08. The molecule has 0 spiro atoms. The molecule has 0 saturated heterocycles. The number of hydrogen-bond acceptors (Lipinski definition) is 5. The zero-order chi connectivity index (χ0) is 15.6. The van der Waals surface area contributed by atoms with Crippen LogP contribution in [-0.2, 0) is 9.84 Å². The summed E-state index contributed by atoms with van der Waals surface area (Å²) in [6, 6.07) is 6.80. The first-order chi connectivity index (χ1) is 9.09. The number of nitrogens with one attached hydrogen (secondary N) is 1. The Morgan fingerprint density at radius 2 is 1.70 bits per heavy atom. The number of hydrogen-bond donors (Lipinski definition) is 2. The zero-order valence-corrected chi connectivity index (χ0v) is 13.5. The van der Waals surface area contributed by atoms with Crippen molar-refractivity contribution in [3.63, 3.8) is 0 Å². The Kier molecular flexibility index (Phi) is 5.18. The molecule has 0 fully saturated rings. The Bertz CT molecular complexity index is 536. The highest BCUT2D eigenvalue weighted by atomic mass is 32.2. The lowest BCUT2D eigenvalue weighted by Crippen LogP contribution is -2.47. The van der Waals surface area contributed by atoms with Crippen molar-refractivity contribution in [1.29, 1.82) is 0 Å². The van der Waals surface area contributed by atoms with Crippen LogP contribution in [0.1, 0.15) is 39.3 Å². The van der Waals surface area contributed by atoms with Crippen LogP contribution >= 0.6 is 0 Å². The molecule has 1 aromatic carbocycles. The number of sulfone groups is 1. The molecule has 20 heavy (non-hydrogen) atoms. The van der Waals surface area contributed by atoms with Crippen LogP contribution in [0.15, 0.2) is 24.3 Å². The maximum atomic E-state index is 11.9. The summed E-state index contributed by atoms with van der Waals surface area (Å²) in [5.41, 5.74) is 3.41. The Labute approximate surface area is 121 Å². The van der Waals surface area contributed by atoms with Crippen molar-refractivity contribution in [3.8, 4) is 5.75 Å². The topological polar surface area (TPSA) is 81.4 Å². The molecule has 3 N–H and O–H groups in total. The highest BCUT2D eigenvalue weighted by molar-refractivity contribution is 7.92. The zero-order valence-electron chi connectivity index (χ0n) is 12.7. The molecule has 0 aliphatic rings. The molecule has 1 rings (SSSR count). The average molecular weight is 300 g/mol. The van der Waals surface area contributed by atoms with Crippen molar-refractivity contribution in [2.75, 3.05) is 6.26 Å². The molecule has 0 aliphatic carbocycles. The molecule has 6 heteroatoms. The molecule has 0 saturated carbocycles. The van der Waals surface area contributed by atoms with E-state index >= 15 is 0 Å². The highest BCUT2D eigenvalue weighted by Gasteiger charge is 2.39. The normalized spacial score (nSPS) is 14.3. The van der Waals surface area contributed by atoms with Gasteiger partial charge in [0, 0.05) is 6.26 Å². The number of benzene rings is 1. The first kappa shape index (κ1) is 16.9. The Morgan fingerprint density at radius 3 is 2.05 bits per heavy atom. The third-order valence-corrected chi connectivity index (χ3v) is 5.55. The summed E-state index contributed by atoms with van der Waals surface area (Å²) in [4.78, 5) is 0. The van der Waals surface area contributed by atoms with Gasteiger partial charge in [-0.3, -0.25) is 11.3 Å². The third kappa shape index (κ3) is 3.71. The van der Waals surface area contributed by atoms with Gasteiger partial charge in [-0.05, 0) is 45.4 Å². The maximum absolute atomic E-state index is 11.9. The minimum atomic E-state index is -3.26. The van der Waals surface area contributed by atoms with Gasteiger partial charge in [-0.2, -0.15) is 0 Å². The van der Waals surface area contributed by atoms with Gasteiger partial charge in [0.1, 0.15) is 5.75 Å². The van der Waals surface area contributed by atoms with Gasteiger partial charge < -0.3 is 4.74 Å². The maximum Gasteiger partial charge on any atom is 0.154 e. The molecule has 0 aromatic heterocycles. The van der Waals surface area contributed by atoms with Crippen LogP contribution in [0.5, 0.6) is 5.75 Å². The fourth-order valence-electron chi connectivity index (χ4n) is 1.92. The first-order valence-corrected chi connectivity index (χ1v) is 8.41. The number of rotatable bonds is 6. The molecule has 114 valence electrons. The van der Waals surface area contributed by atoms with E-state index in [0.29, 0.717) is 0 Å². The summed E-state index contributed by atoms with van der Waals surface area (Å²) in [7, 11) is -3.26. The largest absolute Gasteiger partial charge is 0.491 e. The van der Waals surface area contributed by atoms with Gasteiger partial charge >= 0.3 is 0 Å². The lowest BCUT2D eigenvalue weighted by molar-refractivity contribution is 0.242. The minimum absolute atomic E-state index is 0.0942. The van der Waals surface area contributed by atoms with Crippen molar-refractivity contribution in [3.05, 3.63) is 29.8 Å². The molecule has 0 bridgehead atoms. The molecular weight excluding hydrogens is 276 g/mol. The highest BCUT2D eigenvalue weighted by Crippen LogP contribution is 2.32. The number of hydrazine groups is 1. The fourth-order valence-corrected chi connectivity index (χ4v) is 2.56. The van der Waals surface area contributed by atoms with Gasteiger partial charge in [0.25, 0.3) is 0 Å². The van der Waals surface area contributed by atoms with E-state index in [2.05, 4.69) is 5.43 Å². The lowest BCUT2D eigenvalue weighted by atomic mass is 9.96. The fraction of sp³-hybridized carbons (Fsp3) is 0.571. The van der Waals surface area contributed by atoms with E-state index in [0.717, 1.165) is 11.3 Å². The predicted octanol–water partition coefficient (Wildman–Crippen LogP) is 1.80. The van der Waals surface area contributed by atoms with Crippen molar-refractivity contribution < 1.29 is 13.2 Å². The average Bonchev–Trinajstić information content (AvgIpc) is 2.29. The van der Waals surface area contributed by atoms with Crippen molar-refractivity contribution in [2.24, 2.45) is 5.84 Å². The molecule has 0 heterocycles. The summed E-state index contributed by atoms with van der Waals surface area (Å²) < 4.78 is 28.4. The molecule has 0 aliphatic heterocycles. The number of nitrogens with two attached hydrogens (primary N) is 1. The Morgan fingerprint density at radius 1 is 1.20 bits per heavy atom. The minimum Gasteiger partial charge on any atom is -0.491 e. The van der Waals surface area contributed by atoms with E-state index in [1.54, 1.807) is 13.8 Å². The summed E-state index contributed by atoms with van der Waals surface area (Å²) in [6.07, 6.45) is 1.31. The molecule has 1 unspecified atom stereocenters. The second-order valence-electron chi connectivity index (χ2n) is 5.71. The van der Waals surface area contributed by atoms with E-state index < -0.39 is 20.6 Å². The van der Waals surface area contributed by atoms with Gasteiger partial charge in [0.2, 0.25) is 0 Å². The predicted molar refractivity (Wildman–Crippen MR) is 81.2 cm³/mol.